The number of carbonyl (C=O) groups excluding carboxylic acids is 1. The SMILES string of the molecule is CCc1ccc(NC(=O)N2CCN(c3ncccc3-c3nnc(C(C)C)o3)CC2)cc1. The topological polar surface area (TPSA) is 87.4 Å². The Balaban J connectivity index is 1.41. The Hall–Kier alpha value is -3.42. The summed E-state index contributed by atoms with van der Waals surface area (Å²) in [6.45, 7) is 8.72. The first kappa shape index (κ1) is 20.8. The van der Waals surface area contributed by atoms with Crippen molar-refractivity contribution in [3.63, 3.8) is 0 Å². The van der Waals surface area contributed by atoms with E-state index in [1.54, 1.807) is 6.20 Å². The van der Waals surface area contributed by atoms with E-state index < -0.39 is 0 Å². The van der Waals surface area contributed by atoms with E-state index in [0.29, 0.717) is 38.0 Å². The molecule has 2 aromatic heterocycles. The summed E-state index contributed by atoms with van der Waals surface area (Å²) >= 11 is 0. The van der Waals surface area contributed by atoms with Crippen LogP contribution in [-0.4, -0.2) is 52.3 Å². The van der Waals surface area contributed by atoms with Crippen molar-refractivity contribution in [2.24, 2.45) is 0 Å². The molecule has 1 aromatic carbocycles. The van der Waals surface area contributed by atoms with E-state index >= 15 is 0 Å². The largest absolute Gasteiger partial charge is 0.420 e. The van der Waals surface area contributed by atoms with E-state index in [1.807, 2.05) is 55.1 Å². The molecule has 0 unspecified atom stereocenters. The van der Waals surface area contributed by atoms with Crippen LogP contribution < -0.4 is 10.2 Å². The number of urea groups is 1. The summed E-state index contributed by atoms with van der Waals surface area (Å²) in [5, 5.41) is 11.3. The van der Waals surface area contributed by atoms with E-state index in [0.717, 1.165) is 23.5 Å². The van der Waals surface area contributed by atoms with Gasteiger partial charge in [-0.3, -0.25) is 0 Å². The highest BCUT2D eigenvalue weighted by Crippen LogP contribution is 2.29. The summed E-state index contributed by atoms with van der Waals surface area (Å²) in [5.74, 6) is 2.05. The Morgan fingerprint density at radius 2 is 1.84 bits per heavy atom. The van der Waals surface area contributed by atoms with Gasteiger partial charge in [0.05, 0.1) is 5.56 Å². The highest BCUT2D eigenvalue weighted by molar-refractivity contribution is 5.89. The molecular weight excluding hydrogens is 392 g/mol. The zero-order chi connectivity index (χ0) is 21.8. The van der Waals surface area contributed by atoms with Gasteiger partial charge < -0.3 is 19.5 Å². The first-order chi connectivity index (χ1) is 15.0. The molecule has 3 heterocycles. The standard InChI is InChI=1S/C23H28N6O2/c1-4-17-7-9-18(10-8-17)25-23(30)29-14-12-28(13-15-29)20-19(6-5-11-24-20)22-27-26-21(31-22)16(2)3/h5-11,16H,4,12-15H2,1-3H3,(H,25,30). The van der Waals surface area contributed by atoms with Crippen molar-refractivity contribution in [3.8, 4) is 11.5 Å². The number of anilines is 2. The molecule has 0 radical (unpaired) electrons. The molecule has 0 atom stereocenters. The number of carbonyl (C=O) groups is 1. The van der Waals surface area contributed by atoms with Gasteiger partial charge in [-0.25, -0.2) is 9.78 Å². The second-order valence-corrected chi connectivity index (χ2v) is 7.93. The third kappa shape index (κ3) is 4.68. The molecule has 1 fully saturated rings. The first-order valence-electron chi connectivity index (χ1n) is 10.7. The number of piperazine rings is 1. The Morgan fingerprint density at radius 3 is 2.48 bits per heavy atom. The number of aryl methyl sites for hydroxylation is 1. The lowest BCUT2D eigenvalue weighted by Crippen LogP contribution is -2.50. The summed E-state index contributed by atoms with van der Waals surface area (Å²) in [6.07, 6.45) is 2.74. The zero-order valence-electron chi connectivity index (χ0n) is 18.2. The van der Waals surface area contributed by atoms with Gasteiger partial charge in [0.25, 0.3) is 5.89 Å². The number of hydrogen-bond donors (Lipinski definition) is 1. The van der Waals surface area contributed by atoms with Crippen molar-refractivity contribution in [2.75, 3.05) is 36.4 Å². The molecule has 1 saturated heterocycles. The van der Waals surface area contributed by atoms with Crippen molar-refractivity contribution in [1.29, 1.82) is 0 Å². The van der Waals surface area contributed by atoms with Crippen LogP contribution in [0, 0.1) is 0 Å². The third-order valence-corrected chi connectivity index (χ3v) is 5.43. The fraction of sp³-hybridized carbons (Fsp3) is 0.391. The lowest BCUT2D eigenvalue weighted by Gasteiger charge is -2.35. The number of nitrogens with one attached hydrogen (secondary N) is 1. The van der Waals surface area contributed by atoms with Gasteiger partial charge in [0.2, 0.25) is 5.89 Å². The lowest BCUT2D eigenvalue weighted by atomic mass is 10.1. The van der Waals surface area contributed by atoms with E-state index in [4.69, 9.17) is 4.42 Å². The maximum atomic E-state index is 12.7. The van der Waals surface area contributed by atoms with Crippen LogP contribution in [-0.2, 0) is 6.42 Å². The van der Waals surface area contributed by atoms with Crippen LogP contribution in [0.4, 0.5) is 16.3 Å². The number of pyridine rings is 1. The Bertz CT molecular complexity index is 1020. The second-order valence-electron chi connectivity index (χ2n) is 7.93. The first-order valence-corrected chi connectivity index (χ1v) is 10.7. The van der Waals surface area contributed by atoms with Crippen molar-refractivity contribution in [1.82, 2.24) is 20.1 Å². The zero-order valence-corrected chi connectivity index (χ0v) is 18.2. The highest BCUT2D eigenvalue weighted by atomic mass is 16.4. The van der Waals surface area contributed by atoms with Crippen LogP contribution in [0.5, 0.6) is 0 Å². The Labute approximate surface area is 182 Å². The van der Waals surface area contributed by atoms with Crippen LogP contribution in [0.1, 0.15) is 38.1 Å². The van der Waals surface area contributed by atoms with Crippen LogP contribution in [0.2, 0.25) is 0 Å². The summed E-state index contributed by atoms with van der Waals surface area (Å²) < 4.78 is 5.84. The van der Waals surface area contributed by atoms with Gasteiger partial charge in [0.1, 0.15) is 5.82 Å². The molecule has 4 rings (SSSR count). The number of nitrogens with zero attached hydrogens (tertiary/aromatic N) is 5. The fourth-order valence-electron chi connectivity index (χ4n) is 3.54. The van der Waals surface area contributed by atoms with Crippen LogP contribution in [0.15, 0.2) is 47.0 Å². The summed E-state index contributed by atoms with van der Waals surface area (Å²) in [5.41, 5.74) is 2.88. The minimum absolute atomic E-state index is 0.0800. The normalized spacial score (nSPS) is 14.2. The van der Waals surface area contributed by atoms with Crippen molar-refractivity contribution in [2.45, 2.75) is 33.1 Å². The van der Waals surface area contributed by atoms with Gasteiger partial charge in [0, 0.05) is 44.0 Å². The molecule has 3 aromatic rings. The molecule has 1 aliphatic rings. The number of rotatable bonds is 5. The minimum atomic E-state index is -0.0800. The van der Waals surface area contributed by atoms with Crippen molar-refractivity contribution < 1.29 is 9.21 Å². The molecule has 0 spiro atoms. The van der Waals surface area contributed by atoms with Gasteiger partial charge in [-0.2, -0.15) is 0 Å². The van der Waals surface area contributed by atoms with Gasteiger partial charge in [-0.15, -0.1) is 10.2 Å². The summed E-state index contributed by atoms with van der Waals surface area (Å²) in [6, 6.07) is 11.7. The molecule has 0 saturated carbocycles. The van der Waals surface area contributed by atoms with Gasteiger partial charge in [-0.05, 0) is 36.2 Å². The molecule has 0 bridgehead atoms. The molecule has 8 nitrogen and oxygen atoms in total. The number of amides is 2. The van der Waals surface area contributed by atoms with Crippen LogP contribution >= 0.6 is 0 Å². The molecule has 8 heteroatoms. The number of aromatic nitrogens is 3. The second kappa shape index (κ2) is 9.16. The molecule has 2 amide bonds. The maximum Gasteiger partial charge on any atom is 0.321 e. The minimum Gasteiger partial charge on any atom is -0.420 e. The monoisotopic (exact) mass is 420 g/mol. The van der Waals surface area contributed by atoms with Crippen molar-refractivity contribution in [3.05, 3.63) is 54.0 Å². The maximum absolute atomic E-state index is 12.7. The predicted molar refractivity (Wildman–Crippen MR) is 120 cm³/mol. The van der Waals surface area contributed by atoms with Crippen molar-refractivity contribution >= 4 is 17.5 Å². The number of hydrogen-bond acceptors (Lipinski definition) is 6. The van der Waals surface area contributed by atoms with E-state index in [1.165, 1.54) is 5.56 Å². The Kier molecular flexibility index (Phi) is 6.16. The van der Waals surface area contributed by atoms with Crippen LogP contribution in [0.25, 0.3) is 11.5 Å². The third-order valence-electron chi connectivity index (χ3n) is 5.43. The molecular formula is C23H28N6O2. The smallest absolute Gasteiger partial charge is 0.321 e. The molecule has 1 aliphatic heterocycles. The van der Waals surface area contributed by atoms with Crippen LogP contribution in [0.3, 0.4) is 0 Å². The average Bonchev–Trinajstić information content (AvgIpc) is 3.30. The van der Waals surface area contributed by atoms with E-state index in [9.17, 15) is 4.79 Å². The van der Waals surface area contributed by atoms with Gasteiger partial charge >= 0.3 is 6.03 Å². The molecule has 1 N–H and O–H groups in total. The predicted octanol–water partition coefficient (Wildman–Crippen LogP) is 4.17. The lowest BCUT2D eigenvalue weighted by molar-refractivity contribution is 0.208. The number of benzene rings is 1. The molecule has 0 aliphatic carbocycles. The van der Waals surface area contributed by atoms with E-state index in [-0.39, 0.29) is 11.9 Å². The Morgan fingerprint density at radius 1 is 1.10 bits per heavy atom. The molecule has 162 valence electrons. The quantitative estimate of drug-likeness (QED) is 0.667. The average molecular weight is 421 g/mol. The van der Waals surface area contributed by atoms with Gasteiger partial charge in [-0.1, -0.05) is 32.9 Å². The summed E-state index contributed by atoms with van der Waals surface area (Å²) in [7, 11) is 0. The highest BCUT2D eigenvalue weighted by Gasteiger charge is 2.25. The summed E-state index contributed by atoms with van der Waals surface area (Å²) in [4.78, 5) is 21.2. The fourth-order valence-corrected chi connectivity index (χ4v) is 3.54. The van der Waals surface area contributed by atoms with E-state index in [2.05, 4.69) is 32.3 Å². The van der Waals surface area contributed by atoms with Gasteiger partial charge in [0.15, 0.2) is 0 Å². The molecule has 31 heavy (non-hydrogen) atoms.